The largest absolute Gasteiger partial charge is 0.464 e. The summed E-state index contributed by atoms with van der Waals surface area (Å²) in [5.41, 5.74) is 0. The van der Waals surface area contributed by atoms with E-state index in [0.29, 0.717) is 38.8 Å². The first-order valence-electron chi connectivity index (χ1n) is 19.8. The highest BCUT2D eigenvalue weighted by molar-refractivity contribution is 5.72. The lowest BCUT2D eigenvalue weighted by Crippen LogP contribution is -2.65. The van der Waals surface area contributed by atoms with Crippen LogP contribution in [0.5, 0.6) is 0 Å². The van der Waals surface area contributed by atoms with E-state index in [-0.39, 0.29) is 44.2 Å². The van der Waals surface area contributed by atoms with Crippen molar-refractivity contribution in [2.24, 2.45) is 0 Å². The molecule has 9 nitrogen and oxygen atoms in total. The van der Waals surface area contributed by atoms with Crippen LogP contribution >= 0.6 is 0 Å². The molecular formula is C39H71NO8. The third-order valence-corrected chi connectivity index (χ3v) is 9.05. The molecule has 0 aromatic heterocycles. The molecule has 0 aromatic rings. The van der Waals surface area contributed by atoms with Gasteiger partial charge in [0.05, 0.1) is 6.04 Å². The van der Waals surface area contributed by atoms with Crippen LogP contribution in [0.1, 0.15) is 182 Å². The van der Waals surface area contributed by atoms with E-state index in [4.69, 9.17) is 18.9 Å². The first-order chi connectivity index (χ1) is 23.3. The monoisotopic (exact) mass is 682 g/mol. The van der Waals surface area contributed by atoms with E-state index in [1.54, 1.807) is 0 Å². The minimum absolute atomic E-state index is 0.000893. The van der Waals surface area contributed by atoms with Crippen LogP contribution in [0.3, 0.4) is 0 Å². The predicted molar refractivity (Wildman–Crippen MR) is 191 cm³/mol. The number of nitrogens with zero attached hydrogens (tertiary/aromatic N) is 1. The predicted octanol–water partition coefficient (Wildman–Crippen LogP) is 9.02. The lowest BCUT2D eigenvalue weighted by molar-refractivity contribution is -0.210. The fraction of sp³-hybridized carbons (Fsp3) is 0.897. The molecular weight excluding hydrogens is 610 g/mol. The van der Waals surface area contributed by atoms with Crippen LogP contribution < -0.4 is 0 Å². The zero-order valence-corrected chi connectivity index (χ0v) is 31.4. The van der Waals surface area contributed by atoms with Crippen molar-refractivity contribution in [1.29, 1.82) is 0 Å². The van der Waals surface area contributed by atoms with Gasteiger partial charge in [-0.15, -0.1) is 0 Å². The fourth-order valence-corrected chi connectivity index (χ4v) is 6.36. The Bertz CT molecular complexity index is 865. The fourth-order valence-electron chi connectivity index (χ4n) is 6.36. The number of esters is 4. The summed E-state index contributed by atoms with van der Waals surface area (Å²) in [5.74, 6) is -1.55. The molecule has 0 radical (unpaired) electrons. The molecule has 48 heavy (non-hydrogen) atoms. The molecule has 0 amide bonds. The van der Waals surface area contributed by atoms with E-state index in [0.717, 1.165) is 19.3 Å². The maximum Gasteiger partial charge on any atom is 0.306 e. The first kappa shape index (κ1) is 43.9. The highest BCUT2D eigenvalue weighted by Crippen LogP contribution is 2.29. The molecule has 1 saturated heterocycles. The van der Waals surface area contributed by atoms with E-state index in [2.05, 4.69) is 11.8 Å². The molecule has 0 N–H and O–H groups in total. The van der Waals surface area contributed by atoms with Crippen molar-refractivity contribution in [3.8, 4) is 0 Å². The van der Waals surface area contributed by atoms with Gasteiger partial charge in [0.15, 0.2) is 18.3 Å². The van der Waals surface area contributed by atoms with Crippen LogP contribution in [0.2, 0.25) is 0 Å². The number of hydrogen-bond donors (Lipinski definition) is 0. The SMILES string of the molecule is CCCCCCCCCCCCCCCCCN1C[C@H](OC(=O)CCC)[C@@H](OC(=O)CCC)[C@H](OC(=O)CCC)[C@H]1COC(=O)CCC. The third kappa shape index (κ3) is 19.7. The molecule has 1 rings (SSSR count). The van der Waals surface area contributed by atoms with Crippen molar-refractivity contribution in [3.63, 3.8) is 0 Å². The van der Waals surface area contributed by atoms with Gasteiger partial charge in [0, 0.05) is 32.2 Å². The van der Waals surface area contributed by atoms with Crippen LogP contribution in [0.4, 0.5) is 0 Å². The quantitative estimate of drug-likeness (QED) is 0.0434. The smallest absolute Gasteiger partial charge is 0.306 e. The van der Waals surface area contributed by atoms with Gasteiger partial charge in [-0.3, -0.25) is 24.1 Å². The Morgan fingerprint density at radius 1 is 0.479 bits per heavy atom. The molecule has 0 unspecified atom stereocenters. The van der Waals surface area contributed by atoms with Crippen LogP contribution in [-0.4, -0.2) is 72.8 Å². The normalized spacial score (nSPS) is 19.5. The number of unbranched alkanes of at least 4 members (excludes halogenated alkanes) is 14. The van der Waals surface area contributed by atoms with Gasteiger partial charge < -0.3 is 18.9 Å². The minimum atomic E-state index is -0.988. The summed E-state index contributed by atoms with van der Waals surface area (Å²) >= 11 is 0. The number of piperidine rings is 1. The second kappa shape index (κ2) is 28.7. The zero-order valence-electron chi connectivity index (χ0n) is 31.4. The van der Waals surface area contributed by atoms with Gasteiger partial charge in [-0.25, -0.2) is 0 Å². The Kier molecular flexibility index (Phi) is 26.2. The van der Waals surface area contributed by atoms with Crippen molar-refractivity contribution in [2.75, 3.05) is 19.7 Å². The first-order valence-corrected chi connectivity index (χ1v) is 19.8. The van der Waals surface area contributed by atoms with Gasteiger partial charge in [0.25, 0.3) is 0 Å². The maximum absolute atomic E-state index is 12.9. The summed E-state index contributed by atoms with van der Waals surface area (Å²) in [4.78, 5) is 53.0. The molecule has 1 aliphatic heterocycles. The summed E-state index contributed by atoms with van der Waals surface area (Å²) in [7, 11) is 0. The highest BCUT2D eigenvalue weighted by Gasteiger charge is 2.50. The average molecular weight is 682 g/mol. The van der Waals surface area contributed by atoms with Crippen LogP contribution in [0.15, 0.2) is 0 Å². The zero-order chi connectivity index (χ0) is 35.4. The van der Waals surface area contributed by atoms with Gasteiger partial charge >= 0.3 is 23.9 Å². The number of likely N-dealkylation sites (tertiary alicyclic amines) is 1. The van der Waals surface area contributed by atoms with Crippen molar-refractivity contribution in [3.05, 3.63) is 0 Å². The van der Waals surface area contributed by atoms with E-state index in [1.807, 2.05) is 27.7 Å². The van der Waals surface area contributed by atoms with Crippen molar-refractivity contribution < 1.29 is 38.1 Å². The number of rotatable bonds is 29. The van der Waals surface area contributed by atoms with E-state index in [9.17, 15) is 19.2 Å². The van der Waals surface area contributed by atoms with Gasteiger partial charge in [-0.05, 0) is 38.6 Å². The lowest BCUT2D eigenvalue weighted by atomic mass is 9.92. The Morgan fingerprint density at radius 2 is 0.875 bits per heavy atom. The molecule has 9 heteroatoms. The lowest BCUT2D eigenvalue weighted by Gasteiger charge is -2.47. The molecule has 1 fully saturated rings. The number of carbonyl (C=O) groups excluding carboxylic acids is 4. The molecule has 1 aliphatic rings. The minimum Gasteiger partial charge on any atom is -0.464 e. The number of hydrogen-bond acceptors (Lipinski definition) is 9. The Hall–Kier alpha value is -2.16. The van der Waals surface area contributed by atoms with Crippen LogP contribution in [-0.2, 0) is 38.1 Å². The van der Waals surface area contributed by atoms with E-state index < -0.39 is 36.3 Å². The molecule has 0 bridgehead atoms. The topological polar surface area (TPSA) is 108 Å². The summed E-state index contributed by atoms with van der Waals surface area (Å²) < 4.78 is 23.5. The van der Waals surface area contributed by atoms with Gasteiger partial charge in [0.1, 0.15) is 6.61 Å². The van der Waals surface area contributed by atoms with Crippen molar-refractivity contribution in [1.82, 2.24) is 4.90 Å². The summed E-state index contributed by atoms with van der Waals surface area (Å²) in [5, 5.41) is 0. The van der Waals surface area contributed by atoms with Crippen LogP contribution in [0, 0.1) is 0 Å². The van der Waals surface area contributed by atoms with Gasteiger partial charge in [0.2, 0.25) is 0 Å². The summed E-state index contributed by atoms with van der Waals surface area (Å²) in [6, 6.07) is -0.529. The van der Waals surface area contributed by atoms with E-state index >= 15 is 0 Å². The van der Waals surface area contributed by atoms with E-state index in [1.165, 1.54) is 77.0 Å². The third-order valence-electron chi connectivity index (χ3n) is 9.05. The molecule has 0 aliphatic carbocycles. The van der Waals surface area contributed by atoms with Crippen molar-refractivity contribution in [2.45, 2.75) is 207 Å². The van der Waals surface area contributed by atoms with Crippen LogP contribution in [0.25, 0.3) is 0 Å². The second-order valence-corrected chi connectivity index (χ2v) is 13.6. The van der Waals surface area contributed by atoms with Crippen molar-refractivity contribution >= 4 is 23.9 Å². The number of carbonyl (C=O) groups is 4. The summed E-state index contributed by atoms with van der Waals surface area (Å²) in [6.45, 7) is 10.8. The standard InChI is InChI=1S/C39H71NO8/c1-6-11-12-13-14-15-16-17-18-19-20-21-22-23-24-29-40-30-33(46-35(42)26-8-3)39(48-37(44)28-10-5)38(47-36(43)27-9-4)32(40)31-45-34(41)25-7-2/h32-33,38-39H,6-31H2,1-5H3/t32-,33+,38-,39-/m1/s1. The van der Waals surface area contributed by atoms with Gasteiger partial charge in [-0.2, -0.15) is 0 Å². The Morgan fingerprint density at radius 3 is 1.33 bits per heavy atom. The maximum atomic E-state index is 12.9. The molecule has 1 heterocycles. The number of ether oxygens (including phenoxy) is 4. The molecule has 0 aromatic carbocycles. The Labute approximate surface area is 292 Å². The molecule has 4 atom stereocenters. The Balaban J connectivity index is 2.89. The summed E-state index contributed by atoms with van der Waals surface area (Å²) in [6.07, 6.45) is 19.7. The molecule has 0 spiro atoms. The van der Waals surface area contributed by atoms with Gasteiger partial charge in [-0.1, -0.05) is 125 Å². The average Bonchev–Trinajstić information content (AvgIpc) is 3.04. The molecule has 280 valence electrons. The second-order valence-electron chi connectivity index (χ2n) is 13.6. The molecule has 0 saturated carbocycles. The highest BCUT2D eigenvalue weighted by atomic mass is 16.6.